The van der Waals surface area contributed by atoms with Crippen LogP contribution in [0.4, 0.5) is 0 Å². The molecular weight excluding hydrogens is 512 g/mol. The van der Waals surface area contributed by atoms with Crippen LogP contribution in [0.25, 0.3) is 0 Å². The van der Waals surface area contributed by atoms with Crippen LogP contribution in [0.1, 0.15) is 109 Å². The quantitative estimate of drug-likeness (QED) is 0.130. The second-order valence-electron chi connectivity index (χ2n) is 10.2. The van der Waals surface area contributed by atoms with Crippen molar-refractivity contribution in [2.45, 2.75) is 163 Å². The molecule has 0 aliphatic rings. The summed E-state index contributed by atoms with van der Waals surface area (Å²) in [4.78, 5) is 27.7. The minimum atomic E-state index is -1.95. The number of hydrogen-bond donors (Lipinski definition) is 2. The van der Waals surface area contributed by atoms with Gasteiger partial charge < -0.3 is 23.7 Å². The highest BCUT2D eigenvalue weighted by molar-refractivity contribution is 7.97. The molecule has 0 fully saturated rings. The minimum absolute atomic E-state index is 0.141. The fourth-order valence-corrected chi connectivity index (χ4v) is 5.68. The van der Waals surface area contributed by atoms with Gasteiger partial charge in [0.05, 0.1) is 42.7 Å². The Balaban J connectivity index is 7.49. The molecule has 0 saturated heterocycles. The van der Waals surface area contributed by atoms with E-state index >= 15 is 0 Å². The molecule has 9 heteroatoms. The molecule has 0 amide bonds. The zero-order valence-electron chi connectivity index (χ0n) is 25.2. The average Bonchev–Trinajstić information content (AvgIpc) is 2.82. The van der Waals surface area contributed by atoms with Crippen molar-refractivity contribution in [3.63, 3.8) is 0 Å². The molecule has 0 aromatic heterocycles. The third-order valence-electron chi connectivity index (χ3n) is 7.53. The first-order chi connectivity index (χ1) is 17.1. The number of carbonyl (C=O) groups is 2. The maximum absolute atomic E-state index is 13.9. The molecule has 0 aromatic rings. The van der Waals surface area contributed by atoms with Gasteiger partial charge in [0, 0.05) is 0 Å². The third-order valence-corrected chi connectivity index (χ3v) is 8.23. The van der Waals surface area contributed by atoms with Crippen molar-refractivity contribution in [3.05, 3.63) is 0 Å². The monoisotopic (exact) mass is 566 g/mol. The lowest BCUT2D eigenvalue weighted by Crippen LogP contribution is -2.73. The predicted molar refractivity (Wildman–Crippen MR) is 155 cm³/mol. The molecular formula is C28H54O7S2. The summed E-state index contributed by atoms with van der Waals surface area (Å²) in [6, 6.07) is 0. The van der Waals surface area contributed by atoms with Crippen LogP contribution in [-0.2, 0) is 33.3 Å². The zero-order valence-corrected chi connectivity index (χ0v) is 27.0. The molecule has 7 nitrogen and oxygen atoms in total. The van der Waals surface area contributed by atoms with Crippen LogP contribution in [0.3, 0.4) is 0 Å². The van der Waals surface area contributed by atoms with E-state index in [1.807, 2.05) is 55.4 Å². The normalized spacial score (nSPS) is 22.0. The summed E-state index contributed by atoms with van der Waals surface area (Å²) in [7, 11) is 0. The number of rotatable bonds is 20. The van der Waals surface area contributed by atoms with Crippen LogP contribution in [-0.4, -0.2) is 64.8 Å². The summed E-state index contributed by atoms with van der Waals surface area (Å²) in [5.74, 6) is 0. The van der Waals surface area contributed by atoms with E-state index in [-0.39, 0.29) is 24.4 Å². The van der Waals surface area contributed by atoms with Crippen molar-refractivity contribution in [2.75, 3.05) is 0 Å². The Bertz CT molecular complexity index is 673. The third kappa shape index (κ3) is 8.92. The van der Waals surface area contributed by atoms with E-state index in [1.165, 1.54) is 0 Å². The van der Waals surface area contributed by atoms with E-state index in [0.29, 0.717) is 19.3 Å². The Hall–Kier alpha value is -0.160. The fourth-order valence-electron chi connectivity index (χ4n) is 4.73. The van der Waals surface area contributed by atoms with Gasteiger partial charge in [0.2, 0.25) is 10.2 Å². The highest BCUT2D eigenvalue weighted by Crippen LogP contribution is 2.51. The van der Waals surface area contributed by atoms with Crippen molar-refractivity contribution >= 4 is 35.5 Å². The summed E-state index contributed by atoms with van der Waals surface area (Å²) in [6.45, 7) is 22.6. The first kappa shape index (κ1) is 36.8. The van der Waals surface area contributed by atoms with Gasteiger partial charge in [0.15, 0.2) is 11.9 Å². The molecule has 0 N–H and O–H groups in total. The number of hydrogen-bond acceptors (Lipinski definition) is 7. The molecule has 0 aliphatic carbocycles. The lowest BCUT2D eigenvalue weighted by molar-refractivity contribution is -0.299. The van der Waals surface area contributed by atoms with Crippen molar-refractivity contribution in [3.8, 4) is 0 Å². The molecule has 220 valence electrons. The highest BCUT2D eigenvalue weighted by atomic mass is 32.1. The van der Waals surface area contributed by atoms with Gasteiger partial charge in [-0.2, -0.15) is 0 Å². The topological polar surface area (TPSA) is 80.3 Å². The molecule has 0 spiro atoms. The zero-order chi connectivity index (χ0) is 29.1. The average molecular weight is 567 g/mol. The number of ether oxygens (including phenoxy) is 5. The van der Waals surface area contributed by atoms with Crippen LogP contribution in [0.2, 0.25) is 0 Å². The van der Waals surface area contributed by atoms with Gasteiger partial charge in [-0.05, 0) is 81.1 Å². The van der Waals surface area contributed by atoms with Gasteiger partial charge in [-0.25, -0.2) is 0 Å². The van der Waals surface area contributed by atoms with Crippen molar-refractivity contribution in [1.29, 1.82) is 0 Å². The summed E-state index contributed by atoms with van der Waals surface area (Å²) < 4.78 is 31.7. The van der Waals surface area contributed by atoms with E-state index in [2.05, 4.69) is 25.3 Å². The summed E-state index contributed by atoms with van der Waals surface area (Å²) >= 11 is 8.77. The summed E-state index contributed by atoms with van der Waals surface area (Å²) in [6.07, 6.45) is -1.40. The van der Waals surface area contributed by atoms with Crippen LogP contribution in [0.5, 0.6) is 0 Å². The maximum Gasteiger partial charge on any atom is 0.221 e. The Morgan fingerprint density at radius 1 is 0.568 bits per heavy atom. The number of thiol groups is 2. The molecule has 0 bridgehead atoms. The smallest absolute Gasteiger partial charge is 0.221 e. The van der Waals surface area contributed by atoms with Gasteiger partial charge in [-0.15, -0.1) is 25.3 Å². The standard InChI is InChI=1S/C28H54O7S2/c1-13-17(5)31-21(9)27(25(29)36,22(10)32-18(6)14-2)28(26(30)37,23(11)33-19(7)15-3)35-24(12)34-20(8)16-4/h17-24H,13-16H2,1-12H3,(H,29,36)(H,30,37). The van der Waals surface area contributed by atoms with Gasteiger partial charge in [0.25, 0.3) is 0 Å². The van der Waals surface area contributed by atoms with E-state index in [1.54, 1.807) is 27.7 Å². The SMILES string of the molecule is CCC(C)OC(C)OC(C(=O)S)(C(C)OC(C)CC)C(C(=O)S)(C(C)OC(C)CC)C(C)OC(C)CC. The molecule has 0 aromatic carbocycles. The van der Waals surface area contributed by atoms with E-state index in [0.717, 1.165) is 6.42 Å². The van der Waals surface area contributed by atoms with Crippen molar-refractivity contribution < 1.29 is 33.3 Å². The molecule has 9 atom stereocenters. The Labute approximate surface area is 237 Å². The van der Waals surface area contributed by atoms with Crippen LogP contribution < -0.4 is 0 Å². The largest absolute Gasteiger partial charge is 0.374 e. The molecule has 0 saturated carbocycles. The molecule has 0 rings (SSSR count). The van der Waals surface area contributed by atoms with E-state index in [4.69, 9.17) is 23.7 Å². The first-order valence-corrected chi connectivity index (χ1v) is 14.8. The Kier molecular flexibility index (Phi) is 16.8. The van der Waals surface area contributed by atoms with Gasteiger partial charge in [-0.1, -0.05) is 27.7 Å². The van der Waals surface area contributed by atoms with E-state index in [9.17, 15) is 9.59 Å². The van der Waals surface area contributed by atoms with Gasteiger partial charge in [0.1, 0.15) is 5.41 Å². The van der Waals surface area contributed by atoms with Gasteiger partial charge in [-0.3, -0.25) is 9.59 Å². The van der Waals surface area contributed by atoms with Crippen LogP contribution in [0.15, 0.2) is 0 Å². The highest BCUT2D eigenvalue weighted by Gasteiger charge is 2.70. The molecule has 37 heavy (non-hydrogen) atoms. The lowest BCUT2D eigenvalue weighted by atomic mass is 9.63. The summed E-state index contributed by atoms with van der Waals surface area (Å²) in [5.41, 5.74) is -3.69. The Morgan fingerprint density at radius 3 is 1.19 bits per heavy atom. The van der Waals surface area contributed by atoms with E-state index < -0.39 is 45.8 Å². The van der Waals surface area contributed by atoms with Crippen molar-refractivity contribution in [2.24, 2.45) is 5.41 Å². The molecule has 9 unspecified atom stereocenters. The van der Waals surface area contributed by atoms with Crippen LogP contribution in [0, 0.1) is 5.41 Å². The fraction of sp³-hybridized carbons (Fsp3) is 0.929. The lowest BCUT2D eigenvalue weighted by Gasteiger charge is -2.55. The molecule has 0 aliphatic heterocycles. The maximum atomic E-state index is 13.9. The second-order valence-corrected chi connectivity index (χ2v) is 11.1. The number of carbonyl (C=O) groups excluding carboxylic acids is 2. The van der Waals surface area contributed by atoms with Gasteiger partial charge >= 0.3 is 0 Å². The minimum Gasteiger partial charge on any atom is -0.374 e. The summed E-state index contributed by atoms with van der Waals surface area (Å²) in [5, 5.41) is -1.28. The first-order valence-electron chi connectivity index (χ1n) is 13.9. The molecule has 0 radical (unpaired) electrons. The van der Waals surface area contributed by atoms with Crippen molar-refractivity contribution in [1.82, 2.24) is 0 Å². The second kappa shape index (κ2) is 16.8. The Morgan fingerprint density at radius 2 is 0.892 bits per heavy atom. The van der Waals surface area contributed by atoms with Crippen LogP contribution >= 0.6 is 25.3 Å². The predicted octanol–water partition coefficient (Wildman–Crippen LogP) is 6.41. The molecule has 0 heterocycles.